The van der Waals surface area contributed by atoms with Gasteiger partial charge in [-0.1, -0.05) is 6.92 Å². The van der Waals surface area contributed by atoms with E-state index in [0.29, 0.717) is 18.0 Å². The summed E-state index contributed by atoms with van der Waals surface area (Å²) in [7, 11) is 0. The summed E-state index contributed by atoms with van der Waals surface area (Å²) in [5.41, 5.74) is 5.74. The number of carbonyl (C=O) groups is 1. The summed E-state index contributed by atoms with van der Waals surface area (Å²) >= 11 is 0. The number of nitro benzene ring substituents is 1. The molecule has 1 saturated heterocycles. The molecule has 0 aromatic heterocycles. The van der Waals surface area contributed by atoms with E-state index >= 15 is 0 Å². The Bertz CT molecular complexity index is 544. The van der Waals surface area contributed by atoms with Gasteiger partial charge in [0.2, 0.25) is 0 Å². The van der Waals surface area contributed by atoms with Crippen molar-refractivity contribution < 1.29 is 9.72 Å². The second-order valence-corrected chi connectivity index (χ2v) is 5.51. The second kappa shape index (κ2) is 5.48. The monoisotopic (exact) mass is 277 g/mol. The Morgan fingerprint density at radius 2 is 2.15 bits per heavy atom. The predicted octanol–water partition coefficient (Wildman–Crippen LogP) is 2.44. The zero-order chi connectivity index (χ0) is 14.9. The minimum absolute atomic E-state index is 0.0758. The molecule has 2 atom stereocenters. The number of nitrogens with two attached hydrogens (primary N) is 1. The van der Waals surface area contributed by atoms with Crippen LogP contribution in [-0.4, -0.2) is 28.3 Å². The van der Waals surface area contributed by atoms with Crippen LogP contribution in [0, 0.1) is 16.0 Å². The zero-order valence-corrected chi connectivity index (χ0v) is 11.7. The fourth-order valence-corrected chi connectivity index (χ4v) is 2.71. The number of nitrogen functional groups attached to an aromatic ring is 1. The molecule has 20 heavy (non-hydrogen) atoms. The Morgan fingerprint density at radius 3 is 2.75 bits per heavy atom. The number of carbonyl (C=O) groups excluding carboxylic acids is 1. The molecular weight excluding hydrogens is 258 g/mol. The standard InChI is InChI=1S/C14H19N3O3/c1-9-5-6-16(10(2)7-9)14(18)11-3-4-12(15)13(8-11)17(19)20/h3-4,8-10H,5-7,15H2,1-2H3. The van der Waals surface area contributed by atoms with E-state index in [0.717, 1.165) is 12.8 Å². The molecule has 6 heteroatoms. The van der Waals surface area contributed by atoms with Gasteiger partial charge in [-0.3, -0.25) is 14.9 Å². The van der Waals surface area contributed by atoms with Crippen molar-refractivity contribution >= 4 is 17.3 Å². The maximum Gasteiger partial charge on any atom is 0.292 e. The van der Waals surface area contributed by atoms with Crippen LogP contribution in [0.5, 0.6) is 0 Å². The van der Waals surface area contributed by atoms with Crippen molar-refractivity contribution in [3.05, 3.63) is 33.9 Å². The number of piperidine rings is 1. The van der Waals surface area contributed by atoms with Crippen LogP contribution in [0.3, 0.4) is 0 Å². The first-order chi connectivity index (χ1) is 9.40. The van der Waals surface area contributed by atoms with E-state index in [1.807, 2.05) is 6.92 Å². The summed E-state index contributed by atoms with van der Waals surface area (Å²) in [4.78, 5) is 24.6. The Balaban J connectivity index is 2.25. The number of anilines is 1. The molecule has 1 fully saturated rings. The highest BCUT2D eigenvalue weighted by molar-refractivity contribution is 5.95. The molecule has 1 aromatic carbocycles. The molecule has 108 valence electrons. The van der Waals surface area contributed by atoms with Crippen LogP contribution in [0.4, 0.5) is 11.4 Å². The van der Waals surface area contributed by atoms with Crippen molar-refractivity contribution in [1.29, 1.82) is 0 Å². The highest BCUT2D eigenvalue weighted by Crippen LogP contribution is 2.27. The molecule has 1 aromatic rings. The minimum atomic E-state index is -0.562. The first kappa shape index (κ1) is 14.3. The van der Waals surface area contributed by atoms with Gasteiger partial charge in [0.25, 0.3) is 11.6 Å². The number of benzene rings is 1. The first-order valence-corrected chi connectivity index (χ1v) is 6.75. The number of amides is 1. The maximum atomic E-state index is 12.5. The largest absolute Gasteiger partial charge is 0.393 e. The Morgan fingerprint density at radius 1 is 1.45 bits per heavy atom. The van der Waals surface area contributed by atoms with Gasteiger partial charge in [-0.2, -0.15) is 0 Å². The van der Waals surface area contributed by atoms with Crippen LogP contribution in [0.1, 0.15) is 37.0 Å². The lowest BCUT2D eigenvalue weighted by Gasteiger charge is -2.36. The van der Waals surface area contributed by atoms with E-state index in [2.05, 4.69) is 6.92 Å². The van der Waals surface area contributed by atoms with Gasteiger partial charge < -0.3 is 10.6 Å². The number of likely N-dealkylation sites (tertiary alicyclic amines) is 1. The molecule has 0 aliphatic carbocycles. The van der Waals surface area contributed by atoms with Crippen molar-refractivity contribution in [3.63, 3.8) is 0 Å². The van der Waals surface area contributed by atoms with Crippen molar-refractivity contribution in [2.24, 2.45) is 5.92 Å². The van der Waals surface area contributed by atoms with Gasteiger partial charge in [0, 0.05) is 24.2 Å². The molecule has 6 nitrogen and oxygen atoms in total. The topological polar surface area (TPSA) is 89.5 Å². The molecule has 0 bridgehead atoms. The number of hydrogen-bond donors (Lipinski definition) is 1. The molecule has 2 rings (SSSR count). The normalized spacial score (nSPS) is 22.6. The molecule has 1 amide bonds. The van der Waals surface area contributed by atoms with Crippen molar-refractivity contribution in [2.75, 3.05) is 12.3 Å². The Kier molecular flexibility index (Phi) is 3.92. The van der Waals surface area contributed by atoms with E-state index in [-0.39, 0.29) is 23.3 Å². The van der Waals surface area contributed by atoms with Crippen molar-refractivity contribution in [2.45, 2.75) is 32.7 Å². The smallest absolute Gasteiger partial charge is 0.292 e. The molecule has 1 aliphatic heterocycles. The highest BCUT2D eigenvalue weighted by Gasteiger charge is 2.28. The third-order valence-electron chi connectivity index (χ3n) is 3.87. The summed E-state index contributed by atoms with van der Waals surface area (Å²) in [6.07, 6.45) is 1.93. The molecule has 2 unspecified atom stereocenters. The zero-order valence-electron chi connectivity index (χ0n) is 11.7. The minimum Gasteiger partial charge on any atom is -0.393 e. The van der Waals surface area contributed by atoms with Crippen LogP contribution in [0.2, 0.25) is 0 Å². The average Bonchev–Trinajstić information content (AvgIpc) is 2.38. The lowest BCUT2D eigenvalue weighted by molar-refractivity contribution is -0.383. The number of hydrogen-bond acceptors (Lipinski definition) is 4. The van der Waals surface area contributed by atoms with E-state index in [9.17, 15) is 14.9 Å². The third kappa shape index (κ3) is 2.74. The molecule has 2 N–H and O–H groups in total. The molecule has 0 saturated carbocycles. The Hall–Kier alpha value is -2.11. The average molecular weight is 277 g/mol. The van der Waals surface area contributed by atoms with Gasteiger partial charge in [0.15, 0.2) is 0 Å². The number of rotatable bonds is 2. The molecular formula is C14H19N3O3. The SMILES string of the molecule is CC1CCN(C(=O)c2ccc(N)c([N+](=O)[O-])c2)C(C)C1. The van der Waals surface area contributed by atoms with Gasteiger partial charge >= 0.3 is 0 Å². The fraction of sp³-hybridized carbons (Fsp3) is 0.500. The van der Waals surface area contributed by atoms with Gasteiger partial charge in [-0.05, 0) is 37.8 Å². The van der Waals surface area contributed by atoms with Gasteiger partial charge in [0.1, 0.15) is 5.69 Å². The molecule has 1 aliphatic rings. The lowest BCUT2D eigenvalue weighted by atomic mass is 9.93. The first-order valence-electron chi connectivity index (χ1n) is 6.75. The fourth-order valence-electron chi connectivity index (χ4n) is 2.71. The number of nitro groups is 1. The third-order valence-corrected chi connectivity index (χ3v) is 3.87. The molecule has 1 heterocycles. The number of nitrogens with zero attached hydrogens (tertiary/aromatic N) is 2. The molecule has 0 radical (unpaired) electrons. The van der Waals surface area contributed by atoms with E-state index in [1.165, 1.54) is 12.1 Å². The van der Waals surface area contributed by atoms with Crippen LogP contribution in [0.15, 0.2) is 18.2 Å². The highest BCUT2D eigenvalue weighted by atomic mass is 16.6. The lowest BCUT2D eigenvalue weighted by Crippen LogP contribution is -2.44. The summed E-state index contributed by atoms with van der Waals surface area (Å²) < 4.78 is 0. The van der Waals surface area contributed by atoms with Crippen LogP contribution < -0.4 is 5.73 Å². The summed E-state index contributed by atoms with van der Waals surface area (Å²) in [6, 6.07) is 4.39. The summed E-state index contributed by atoms with van der Waals surface area (Å²) in [6.45, 7) is 4.88. The predicted molar refractivity (Wildman–Crippen MR) is 76.4 cm³/mol. The van der Waals surface area contributed by atoms with Gasteiger partial charge in [-0.15, -0.1) is 0 Å². The summed E-state index contributed by atoms with van der Waals surface area (Å²) in [5, 5.41) is 10.9. The van der Waals surface area contributed by atoms with E-state index in [4.69, 9.17) is 5.73 Å². The molecule has 0 spiro atoms. The van der Waals surface area contributed by atoms with Crippen LogP contribution in [0.25, 0.3) is 0 Å². The van der Waals surface area contributed by atoms with Crippen molar-refractivity contribution in [1.82, 2.24) is 4.90 Å². The van der Waals surface area contributed by atoms with Crippen LogP contribution >= 0.6 is 0 Å². The van der Waals surface area contributed by atoms with E-state index in [1.54, 1.807) is 11.0 Å². The summed E-state index contributed by atoms with van der Waals surface area (Å²) in [5.74, 6) is 0.447. The van der Waals surface area contributed by atoms with Crippen LogP contribution in [-0.2, 0) is 0 Å². The maximum absolute atomic E-state index is 12.5. The van der Waals surface area contributed by atoms with E-state index < -0.39 is 4.92 Å². The Labute approximate surface area is 117 Å². The van der Waals surface area contributed by atoms with Gasteiger partial charge in [0.05, 0.1) is 4.92 Å². The quantitative estimate of drug-likeness (QED) is 0.510. The second-order valence-electron chi connectivity index (χ2n) is 5.51. The van der Waals surface area contributed by atoms with Crippen molar-refractivity contribution in [3.8, 4) is 0 Å². The van der Waals surface area contributed by atoms with Gasteiger partial charge in [-0.25, -0.2) is 0 Å².